The van der Waals surface area contributed by atoms with Crippen LogP contribution in [0.2, 0.25) is 0 Å². The molecule has 2 aliphatic rings. The summed E-state index contributed by atoms with van der Waals surface area (Å²) in [6.45, 7) is 6.78. The number of ether oxygens (including phenoxy) is 1. The molecule has 44 heavy (non-hydrogen) atoms. The Kier molecular flexibility index (Phi) is 11.8. The quantitative estimate of drug-likeness (QED) is 0.186. The van der Waals surface area contributed by atoms with Crippen LogP contribution in [0, 0.1) is 5.92 Å². The minimum atomic E-state index is -4.11. The molecule has 10 nitrogen and oxygen atoms in total. The molecule has 0 saturated heterocycles. The SMILES string of the molecule is CC(C)CN(C(O)(CCNC(=O)CCCC(C)NC(=O)CNC1CC1)Cc1ccccc1)S(=O)(=O)c1ccc2c(c1)CCO2. The highest BCUT2D eigenvalue weighted by Gasteiger charge is 2.43. The molecule has 11 heteroatoms. The lowest BCUT2D eigenvalue weighted by molar-refractivity contribution is -0.122. The summed E-state index contributed by atoms with van der Waals surface area (Å²) in [6, 6.07) is 14.6. The summed E-state index contributed by atoms with van der Waals surface area (Å²) in [6.07, 6.45) is 4.47. The largest absolute Gasteiger partial charge is 0.493 e. The van der Waals surface area contributed by atoms with Crippen LogP contribution in [0.1, 0.15) is 70.4 Å². The fourth-order valence-corrected chi connectivity index (χ4v) is 7.36. The average Bonchev–Trinajstić information content (AvgIpc) is 3.69. The maximum Gasteiger partial charge on any atom is 0.245 e. The second kappa shape index (κ2) is 15.3. The van der Waals surface area contributed by atoms with Crippen molar-refractivity contribution in [2.45, 2.75) is 94.8 Å². The monoisotopic (exact) mass is 628 g/mol. The summed E-state index contributed by atoms with van der Waals surface area (Å²) in [5.41, 5.74) is -0.171. The molecule has 0 spiro atoms. The second-order valence-corrected chi connectivity index (χ2v) is 14.4. The van der Waals surface area contributed by atoms with Gasteiger partial charge in [0.2, 0.25) is 21.8 Å². The van der Waals surface area contributed by atoms with Gasteiger partial charge in [-0.25, -0.2) is 8.42 Å². The third kappa shape index (κ3) is 9.76. The molecule has 4 rings (SSSR count). The molecule has 0 radical (unpaired) electrons. The van der Waals surface area contributed by atoms with E-state index in [1.165, 1.54) is 10.4 Å². The van der Waals surface area contributed by atoms with Crippen LogP contribution < -0.4 is 20.7 Å². The summed E-state index contributed by atoms with van der Waals surface area (Å²) in [4.78, 5) is 24.9. The lowest BCUT2D eigenvalue weighted by Gasteiger charge is -2.40. The molecule has 1 saturated carbocycles. The van der Waals surface area contributed by atoms with Gasteiger partial charge in [0, 0.05) is 50.9 Å². The van der Waals surface area contributed by atoms with E-state index < -0.39 is 15.7 Å². The van der Waals surface area contributed by atoms with Crippen molar-refractivity contribution in [3.05, 3.63) is 59.7 Å². The zero-order valence-electron chi connectivity index (χ0n) is 26.2. The molecule has 2 unspecified atom stereocenters. The molecule has 4 N–H and O–H groups in total. The first-order chi connectivity index (χ1) is 21.0. The van der Waals surface area contributed by atoms with Crippen LogP contribution >= 0.6 is 0 Å². The molecule has 2 aromatic rings. The standard InChI is InChI=1S/C33H48N4O6S/c1-24(2)23-37(44(41,42)29-14-15-30-27(20-29)16-19-43-30)33(40,21-26-9-5-4-6-10-26)17-18-34-31(38)11-7-8-25(3)36-32(39)22-35-28-12-13-28/h4-6,9-10,14-15,20,24-25,28,35,40H,7-8,11-13,16-19,21-23H2,1-3H3,(H,34,38)(H,36,39). The molecular weight excluding hydrogens is 580 g/mol. The van der Waals surface area contributed by atoms with Crippen LogP contribution in [0.3, 0.4) is 0 Å². The van der Waals surface area contributed by atoms with Gasteiger partial charge in [0.05, 0.1) is 18.0 Å². The number of rotatable bonds is 18. The van der Waals surface area contributed by atoms with E-state index in [0.29, 0.717) is 44.2 Å². The van der Waals surface area contributed by atoms with E-state index in [1.807, 2.05) is 51.1 Å². The van der Waals surface area contributed by atoms with E-state index in [2.05, 4.69) is 16.0 Å². The topological polar surface area (TPSA) is 137 Å². The fraction of sp³-hybridized carbons (Fsp3) is 0.576. The number of carbonyl (C=O) groups is 2. The number of hydrogen-bond acceptors (Lipinski definition) is 7. The van der Waals surface area contributed by atoms with Crippen molar-refractivity contribution in [1.29, 1.82) is 0 Å². The van der Waals surface area contributed by atoms with Gasteiger partial charge in [0.1, 0.15) is 11.5 Å². The summed E-state index contributed by atoms with van der Waals surface area (Å²) < 4.78 is 35.1. The number of benzene rings is 2. The Hall–Kier alpha value is -2.99. The van der Waals surface area contributed by atoms with Crippen molar-refractivity contribution in [3.63, 3.8) is 0 Å². The first kappa shape index (κ1) is 33.9. The van der Waals surface area contributed by atoms with Crippen LogP contribution in [0.4, 0.5) is 0 Å². The molecule has 1 aliphatic carbocycles. The summed E-state index contributed by atoms with van der Waals surface area (Å²) >= 11 is 0. The maximum atomic E-state index is 14.2. The molecule has 0 aromatic heterocycles. The number of amides is 2. The van der Waals surface area contributed by atoms with E-state index in [-0.39, 0.29) is 61.0 Å². The van der Waals surface area contributed by atoms with Gasteiger partial charge in [-0.2, -0.15) is 4.31 Å². The van der Waals surface area contributed by atoms with Crippen molar-refractivity contribution < 1.29 is 27.9 Å². The molecular formula is C33H48N4O6S. The highest BCUT2D eigenvalue weighted by Crippen LogP contribution is 2.33. The Morgan fingerprint density at radius 1 is 1.09 bits per heavy atom. The second-order valence-electron chi connectivity index (χ2n) is 12.6. The number of fused-ring (bicyclic) bond motifs is 1. The zero-order valence-corrected chi connectivity index (χ0v) is 27.0. The van der Waals surface area contributed by atoms with Gasteiger partial charge in [-0.05, 0) is 67.9 Å². The van der Waals surface area contributed by atoms with Crippen LogP contribution in [-0.4, -0.2) is 73.7 Å². The third-order valence-corrected chi connectivity index (χ3v) is 9.92. The van der Waals surface area contributed by atoms with E-state index in [0.717, 1.165) is 24.0 Å². The highest BCUT2D eigenvalue weighted by molar-refractivity contribution is 7.89. The predicted octanol–water partition coefficient (Wildman–Crippen LogP) is 3.13. The first-order valence-corrected chi connectivity index (χ1v) is 17.2. The van der Waals surface area contributed by atoms with Crippen LogP contribution in [-0.2, 0) is 32.5 Å². The Morgan fingerprint density at radius 2 is 1.84 bits per heavy atom. The minimum absolute atomic E-state index is 0.00803. The van der Waals surface area contributed by atoms with Gasteiger partial charge < -0.3 is 25.8 Å². The number of nitrogens with one attached hydrogen (secondary N) is 3. The minimum Gasteiger partial charge on any atom is -0.493 e. The smallest absolute Gasteiger partial charge is 0.245 e. The molecule has 1 heterocycles. The lowest BCUT2D eigenvalue weighted by Crippen LogP contribution is -2.55. The lowest BCUT2D eigenvalue weighted by atomic mass is 9.98. The molecule has 1 fully saturated rings. The van der Waals surface area contributed by atoms with Gasteiger partial charge in [-0.3, -0.25) is 9.59 Å². The maximum absolute atomic E-state index is 14.2. The Bertz CT molecular complexity index is 1370. The summed E-state index contributed by atoms with van der Waals surface area (Å²) in [7, 11) is -4.11. The molecule has 2 atom stereocenters. The zero-order chi connectivity index (χ0) is 31.7. The Morgan fingerprint density at radius 3 is 2.55 bits per heavy atom. The number of nitrogens with zero attached hydrogens (tertiary/aromatic N) is 1. The summed E-state index contributed by atoms with van der Waals surface area (Å²) in [5.74, 6) is 0.397. The van der Waals surface area contributed by atoms with Gasteiger partial charge in [-0.15, -0.1) is 0 Å². The van der Waals surface area contributed by atoms with Crippen LogP contribution in [0.5, 0.6) is 5.75 Å². The fourth-order valence-electron chi connectivity index (χ4n) is 5.48. The molecule has 2 amide bonds. The average molecular weight is 629 g/mol. The first-order valence-electron chi connectivity index (χ1n) is 15.8. The number of carbonyl (C=O) groups excluding carboxylic acids is 2. The van der Waals surface area contributed by atoms with Crippen molar-refractivity contribution >= 4 is 21.8 Å². The summed E-state index contributed by atoms with van der Waals surface area (Å²) in [5, 5.41) is 21.2. The highest BCUT2D eigenvalue weighted by atomic mass is 32.2. The van der Waals surface area contributed by atoms with Crippen molar-refractivity contribution in [2.24, 2.45) is 5.92 Å². The van der Waals surface area contributed by atoms with Gasteiger partial charge >= 0.3 is 0 Å². The van der Waals surface area contributed by atoms with E-state index in [4.69, 9.17) is 4.74 Å². The van der Waals surface area contributed by atoms with Crippen molar-refractivity contribution in [2.75, 3.05) is 26.2 Å². The van der Waals surface area contributed by atoms with Crippen LogP contribution in [0.15, 0.2) is 53.4 Å². The number of hydrogen-bond donors (Lipinski definition) is 4. The van der Waals surface area contributed by atoms with E-state index in [1.54, 1.807) is 12.1 Å². The van der Waals surface area contributed by atoms with Crippen molar-refractivity contribution in [3.8, 4) is 5.75 Å². The van der Waals surface area contributed by atoms with Gasteiger partial charge in [0.25, 0.3) is 0 Å². The molecule has 1 aliphatic heterocycles. The third-order valence-electron chi connectivity index (χ3n) is 8.00. The Labute approximate surface area is 262 Å². The van der Waals surface area contributed by atoms with Crippen molar-refractivity contribution in [1.82, 2.24) is 20.3 Å². The van der Waals surface area contributed by atoms with E-state index in [9.17, 15) is 23.1 Å². The molecule has 242 valence electrons. The number of aliphatic hydroxyl groups is 1. The van der Waals surface area contributed by atoms with Gasteiger partial charge in [0.15, 0.2) is 0 Å². The Balaban J connectivity index is 1.40. The van der Waals surface area contributed by atoms with Gasteiger partial charge in [-0.1, -0.05) is 44.2 Å². The molecule has 0 bridgehead atoms. The normalized spacial score (nSPS) is 16.7. The molecule has 2 aromatic carbocycles. The van der Waals surface area contributed by atoms with Crippen LogP contribution in [0.25, 0.3) is 0 Å². The predicted molar refractivity (Wildman–Crippen MR) is 170 cm³/mol. The number of sulfonamides is 1. The van der Waals surface area contributed by atoms with E-state index >= 15 is 0 Å².